The fraction of sp³-hybridized carbons (Fsp3) is 0.455. The van der Waals surface area contributed by atoms with E-state index < -0.39 is 5.67 Å². The Morgan fingerprint density at radius 2 is 2.21 bits per heavy atom. The summed E-state index contributed by atoms with van der Waals surface area (Å²) in [4.78, 5) is 0. The molecule has 0 saturated heterocycles. The van der Waals surface area contributed by atoms with Crippen LogP contribution in [0.15, 0.2) is 22.7 Å². The molecule has 0 spiro atoms. The van der Waals surface area contributed by atoms with Crippen molar-refractivity contribution in [3.8, 4) is 0 Å². The number of benzene rings is 1. The molecular formula is C11H13BrFN. The summed E-state index contributed by atoms with van der Waals surface area (Å²) in [6.07, 6.45) is 1.81. The van der Waals surface area contributed by atoms with Crippen molar-refractivity contribution in [3.05, 3.63) is 33.8 Å². The topological polar surface area (TPSA) is 26.0 Å². The van der Waals surface area contributed by atoms with Crippen LogP contribution < -0.4 is 5.73 Å². The fourth-order valence-electron chi connectivity index (χ4n) is 1.96. The molecule has 0 aliphatic heterocycles. The molecule has 0 saturated carbocycles. The number of nitrogens with two attached hydrogens (primary N) is 1. The van der Waals surface area contributed by atoms with Gasteiger partial charge in [0.05, 0.1) is 0 Å². The second kappa shape index (κ2) is 3.63. The molecule has 1 aromatic carbocycles. The Morgan fingerprint density at radius 3 is 2.93 bits per heavy atom. The monoisotopic (exact) mass is 257 g/mol. The van der Waals surface area contributed by atoms with E-state index in [-0.39, 0.29) is 6.54 Å². The van der Waals surface area contributed by atoms with Gasteiger partial charge in [-0.05, 0) is 36.1 Å². The Labute approximate surface area is 91.6 Å². The van der Waals surface area contributed by atoms with Crippen LogP contribution in [0.4, 0.5) is 4.39 Å². The SMILES string of the molecule is NCC1(F)CCc2cc(Br)ccc2C1. The minimum absolute atomic E-state index is 0.127. The first-order chi connectivity index (χ1) is 6.63. The van der Waals surface area contributed by atoms with Gasteiger partial charge in [-0.25, -0.2) is 4.39 Å². The molecule has 1 atom stereocenters. The number of hydrogen-bond acceptors (Lipinski definition) is 1. The van der Waals surface area contributed by atoms with Crippen LogP contribution in [0.25, 0.3) is 0 Å². The highest BCUT2D eigenvalue weighted by molar-refractivity contribution is 9.10. The Hall–Kier alpha value is -0.410. The summed E-state index contributed by atoms with van der Waals surface area (Å²) in [5.74, 6) is 0. The minimum atomic E-state index is -1.18. The Bertz CT molecular complexity index is 353. The van der Waals surface area contributed by atoms with Gasteiger partial charge < -0.3 is 5.73 Å². The molecule has 0 aromatic heterocycles. The quantitative estimate of drug-likeness (QED) is 0.823. The molecule has 1 nitrogen and oxygen atoms in total. The molecule has 2 rings (SSSR count). The van der Waals surface area contributed by atoms with Crippen molar-refractivity contribution in [2.45, 2.75) is 24.9 Å². The van der Waals surface area contributed by atoms with Gasteiger partial charge in [-0.3, -0.25) is 0 Å². The van der Waals surface area contributed by atoms with Gasteiger partial charge in [0.15, 0.2) is 0 Å². The molecule has 76 valence electrons. The van der Waals surface area contributed by atoms with E-state index in [0.29, 0.717) is 12.8 Å². The van der Waals surface area contributed by atoms with Gasteiger partial charge in [0.2, 0.25) is 0 Å². The van der Waals surface area contributed by atoms with Crippen molar-refractivity contribution in [2.75, 3.05) is 6.54 Å². The molecule has 3 heteroatoms. The van der Waals surface area contributed by atoms with E-state index in [1.54, 1.807) is 0 Å². The maximum Gasteiger partial charge on any atom is 0.127 e. The standard InChI is InChI=1S/C11H13BrFN/c12-10-2-1-9-6-11(13,7-14)4-3-8(9)5-10/h1-2,5H,3-4,6-7,14H2. The van der Waals surface area contributed by atoms with Crippen molar-refractivity contribution < 1.29 is 4.39 Å². The van der Waals surface area contributed by atoms with Crippen LogP contribution in [0.3, 0.4) is 0 Å². The zero-order valence-corrected chi connectivity index (χ0v) is 9.48. The third-order valence-electron chi connectivity index (χ3n) is 2.88. The van der Waals surface area contributed by atoms with Crippen molar-refractivity contribution in [3.63, 3.8) is 0 Å². The highest BCUT2D eigenvalue weighted by atomic mass is 79.9. The van der Waals surface area contributed by atoms with Crippen LogP contribution in [0.1, 0.15) is 17.5 Å². The summed E-state index contributed by atoms with van der Waals surface area (Å²) >= 11 is 3.42. The lowest BCUT2D eigenvalue weighted by molar-refractivity contribution is 0.151. The Morgan fingerprint density at radius 1 is 1.43 bits per heavy atom. The molecule has 2 N–H and O–H groups in total. The Kier molecular flexibility index (Phi) is 2.62. The number of halogens is 2. The van der Waals surface area contributed by atoms with E-state index in [4.69, 9.17) is 5.73 Å². The van der Waals surface area contributed by atoms with Crippen molar-refractivity contribution in [1.82, 2.24) is 0 Å². The molecule has 1 aliphatic carbocycles. The first kappa shape index (κ1) is 10.1. The summed E-state index contributed by atoms with van der Waals surface area (Å²) < 4.78 is 15.0. The van der Waals surface area contributed by atoms with Crippen molar-refractivity contribution >= 4 is 15.9 Å². The average Bonchev–Trinajstić information content (AvgIpc) is 2.19. The van der Waals surface area contributed by atoms with Crippen LogP contribution in [-0.2, 0) is 12.8 Å². The molecule has 0 heterocycles. The van der Waals surface area contributed by atoms with Crippen molar-refractivity contribution in [2.24, 2.45) is 5.73 Å². The normalized spacial score (nSPS) is 25.9. The van der Waals surface area contributed by atoms with Crippen LogP contribution in [-0.4, -0.2) is 12.2 Å². The summed E-state index contributed by atoms with van der Waals surface area (Å²) in [5.41, 5.74) is 6.62. The molecule has 1 aromatic rings. The molecule has 0 radical (unpaired) electrons. The van der Waals surface area contributed by atoms with Crippen molar-refractivity contribution in [1.29, 1.82) is 0 Å². The molecule has 14 heavy (non-hydrogen) atoms. The highest BCUT2D eigenvalue weighted by Gasteiger charge is 2.32. The van der Waals surface area contributed by atoms with Gasteiger partial charge in [0.1, 0.15) is 5.67 Å². The van der Waals surface area contributed by atoms with E-state index in [2.05, 4.69) is 22.0 Å². The molecular weight excluding hydrogens is 245 g/mol. The lowest BCUT2D eigenvalue weighted by atomic mass is 9.82. The molecule has 0 fully saturated rings. The largest absolute Gasteiger partial charge is 0.328 e. The zero-order valence-electron chi connectivity index (χ0n) is 7.89. The molecule has 1 aliphatic rings. The summed E-state index contributed by atoms with van der Waals surface area (Å²) in [5, 5.41) is 0. The number of alkyl halides is 1. The van der Waals surface area contributed by atoms with E-state index >= 15 is 0 Å². The third kappa shape index (κ3) is 1.84. The lowest BCUT2D eigenvalue weighted by Gasteiger charge is -2.30. The number of aryl methyl sites for hydroxylation is 1. The molecule has 1 unspecified atom stereocenters. The molecule has 0 amide bonds. The van der Waals surface area contributed by atoms with E-state index in [1.165, 1.54) is 5.56 Å². The minimum Gasteiger partial charge on any atom is -0.328 e. The van der Waals surface area contributed by atoms with Crippen LogP contribution in [0.2, 0.25) is 0 Å². The maximum absolute atomic E-state index is 13.9. The fourth-order valence-corrected chi connectivity index (χ4v) is 2.37. The van der Waals surface area contributed by atoms with Gasteiger partial charge >= 0.3 is 0 Å². The van der Waals surface area contributed by atoms with E-state index in [0.717, 1.165) is 16.5 Å². The number of fused-ring (bicyclic) bond motifs is 1. The van der Waals surface area contributed by atoms with Gasteiger partial charge in [0.25, 0.3) is 0 Å². The predicted molar refractivity (Wildman–Crippen MR) is 59.1 cm³/mol. The van der Waals surface area contributed by atoms with E-state index in [9.17, 15) is 4.39 Å². The first-order valence-corrected chi connectivity index (χ1v) is 5.59. The second-order valence-corrected chi connectivity index (χ2v) is 4.86. The smallest absolute Gasteiger partial charge is 0.127 e. The highest BCUT2D eigenvalue weighted by Crippen LogP contribution is 2.32. The summed E-state index contributed by atoms with van der Waals surface area (Å²) in [6.45, 7) is 0.127. The zero-order chi connectivity index (χ0) is 10.2. The average molecular weight is 258 g/mol. The third-order valence-corrected chi connectivity index (χ3v) is 3.38. The van der Waals surface area contributed by atoms with Gasteiger partial charge in [-0.1, -0.05) is 22.0 Å². The summed E-state index contributed by atoms with van der Waals surface area (Å²) in [6, 6.07) is 6.02. The van der Waals surface area contributed by atoms with E-state index in [1.807, 2.05) is 12.1 Å². The summed E-state index contributed by atoms with van der Waals surface area (Å²) in [7, 11) is 0. The first-order valence-electron chi connectivity index (χ1n) is 4.79. The molecule has 0 bridgehead atoms. The predicted octanol–water partition coefficient (Wildman–Crippen LogP) is 2.60. The van der Waals surface area contributed by atoms with Crippen LogP contribution in [0.5, 0.6) is 0 Å². The lowest BCUT2D eigenvalue weighted by Crippen LogP contribution is -2.38. The van der Waals surface area contributed by atoms with Crippen LogP contribution >= 0.6 is 15.9 Å². The number of rotatable bonds is 1. The van der Waals surface area contributed by atoms with Gasteiger partial charge in [-0.15, -0.1) is 0 Å². The Balaban J connectivity index is 2.31. The number of hydrogen-bond donors (Lipinski definition) is 1. The van der Waals surface area contributed by atoms with Gasteiger partial charge in [0, 0.05) is 17.4 Å². The maximum atomic E-state index is 13.9. The van der Waals surface area contributed by atoms with Crippen LogP contribution in [0, 0.1) is 0 Å². The van der Waals surface area contributed by atoms with Gasteiger partial charge in [-0.2, -0.15) is 0 Å². The second-order valence-electron chi connectivity index (χ2n) is 3.94.